The van der Waals surface area contributed by atoms with E-state index in [2.05, 4.69) is 5.32 Å². The number of carbonyl (C=O) groups is 1. The average molecular weight is 421 g/mol. The first-order valence-corrected chi connectivity index (χ1v) is 11.0. The van der Waals surface area contributed by atoms with Gasteiger partial charge in [0.15, 0.2) is 0 Å². The topological polar surface area (TPSA) is 75.7 Å². The summed E-state index contributed by atoms with van der Waals surface area (Å²) in [5.41, 5.74) is 0.542. The lowest BCUT2D eigenvalue weighted by Crippen LogP contribution is -2.45. The van der Waals surface area contributed by atoms with Gasteiger partial charge < -0.3 is 10.1 Å². The summed E-state index contributed by atoms with van der Waals surface area (Å²) in [6, 6.07) is 12.7. The number of sulfonamides is 1. The first kappa shape index (κ1) is 21.3. The van der Waals surface area contributed by atoms with Crippen molar-refractivity contribution in [3.8, 4) is 5.75 Å². The van der Waals surface area contributed by atoms with Crippen molar-refractivity contribution < 1.29 is 22.3 Å². The van der Waals surface area contributed by atoms with Crippen LogP contribution in [0.4, 0.5) is 4.39 Å². The van der Waals surface area contributed by atoms with Crippen LogP contribution in [0.5, 0.6) is 5.75 Å². The Hall–Kier alpha value is -2.45. The summed E-state index contributed by atoms with van der Waals surface area (Å²) in [6.45, 7) is 0.828. The van der Waals surface area contributed by atoms with E-state index in [9.17, 15) is 17.6 Å². The van der Waals surface area contributed by atoms with Crippen LogP contribution in [0.2, 0.25) is 0 Å². The number of benzene rings is 2. The molecule has 1 heterocycles. The molecule has 2 aromatic carbocycles. The fourth-order valence-electron chi connectivity index (χ4n) is 3.44. The van der Waals surface area contributed by atoms with Crippen LogP contribution >= 0.6 is 0 Å². The Morgan fingerprint density at radius 2 is 1.93 bits per heavy atom. The number of nitrogens with zero attached hydrogens (tertiary/aromatic N) is 1. The predicted octanol–water partition coefficient (Wildman–Crippen LogP) is 2.59. The number of hydrogen-bond acceptors (Lipinski definition) is 4. The third kappa shape index (κ3) is 5.13. The van der Waals surface area contributed by atoms with Crippen molar-refractivity contribution in [3.05, 3.63) is 59.9 Å². The SMILES string of the molecule is COc1ccc(S(=O)(=O)N2CCC[C@@H](C(=O)NCCc3ccccc3F)C2)cc1. The Balaban J connectivity index is 1.59. The van der Waals surface area contributed by atoms with E-state index < -0.39 is 15.9 Å². The van der Waals surface area contributed by atoms with Crippen molar-refractivity contribution in [2.45, 2.75) is 24.2 Å². The highest BCUT2D eigenvalue weighted by Crippen LogP contribution is 2.25. The fraction of sp³-hybridized carbons (Fsp3) is 0.381. The summed E-state index contributed by atoms with van der Waals surface area (Å²) in [4.78, 5) is 12.7. The lowest BCUT2D eigenvalue weighted by atomic mass is 9.99. The molecule has 1 aliphatic rings. The molecule has 1 fully saturated rings. The zero-order valence-corrected chi connectivity index (χ0v) is 17.1. The van der Waals surface area contributed by atoms with Gasteiger partial charge in [-0.2, -0.15) is 4.31 Å². The standard InChI is InChI=1S/C21H25FN2O4S/c1-28-18-8-10-19(11-9-18)29(26,27)24-14-4-6-17(15-24)21(25)23-13-12-16-5-2-3-7-20(16)22/h2-3,5,7-11,17H,4,6,12-15H2,1H3,(H,23,25)/t17-/m1/s1. The predicted molar refractivity (Wildman–Crippen MR) is 108 cm³/mol. The van der Waals surface area contributed by atoms with Crippen molar-refractivity contribution in [2.75, 3.05) is 26.7 Å². The van der Waals surface area contributed by atoms with Gasteiger partial charge in [0.1, 0.15) is 11.6 Å². The van der Waals surface area contributed by atoms with Gasteiger partial charge in [0.25, 0.3) is 0 Å². The molecule has 1 aliphatic heterocycles. The highest BCUT2D eigenvalue weighted by atomic mass is 32.2. The zero-order valence-electron chi connectivity index (χ0n) is 16.3. The van der Waals surface area contributed by atoms with Crippen LogP contribution < -0.4 is 10.1 Å². The van der Waals surface area contributed by atoms with E-state index in [1.54, 1.807) is 30.3 Å². The molecule has 6 nitrogen and oxygen atoms in total. The van der Waals surface area contributed by atoms with Crippen LogP contribution in [-0.2, 0) is 21.2 Å². The number of halogens is 1. The lowest BCUT2D eigenvalue weighted by Gasteiger charge is -2.31. The van der Waals surface area contributed by atoms with Crippen molar-refractivity contribution >= 4 is 15.9 Å². The Kier molecular flexibility index (Phi) is 6.87. The molecule has 1 N–H and O–H groups in total. The molecule has 2 aromatic rings. The number of piperidine rings is 1. The van der Waals surface area contributed by atoms with Gasteiger partial charge >= 0.3 is 0 Å². The van der Waals surface area contributed by atoms with Crippen molar-refractivity contribution in [1.82, 2.24) is 9.62 Å². The second kappa shape index (κ2) is 9.37. The van der Waals surface area contributed by atoms with Crippen LogP contribution in [0.15, 0.2) is 53.4 Å². The molecule has 0 radical (unpaired) electrons. The molecule has 0 spiro atoms. The van der Waals surface area contributed by atoms with Crippen LogP contribution in [0, 0.1) is 11.7 Å². The number of methoxy groups -OCH3 is 1. The minimum atomic E-state index is -3.67. The first-order valence-electron chi connectivity index (χ1n) is 9.57. The summed E-state index contributed by atoms with van der Waals surface area (Å²) >= 11 is 0. The van der Waals surface area contributed by atoms with E-state index >= 15 is 0 Å². The molecule has 1 atom stereocenters. The van der Waals surface area contributed by atoms with Gasteiger partial charge in [-0.05, 0) is 55.2 Å². The second-order valence-corrected chi connectivity index (χ2v) is 8.95. The molecule has 0 aromatic heterocycles. The van der Waals surface area contributed by atoms with Crippen molar-refractivity contribution in [2.24, 2.45) is 5.92 Å². The molecular weight excluding hydrogens is 395 g/mol. The second-order valence-electron chi connectivity index (χ2n) is 7.01. The van der Waals surface area contributed by atoms with E-state index in [0.717, 1.165) is 0 Å². The molecule has 8 heteroatoms. The normalized spacial score (nSPS) is 17.7. The minimum Gasteiger partial charge on any atom is -0.497 e. The summed E-state index contributed by atoms with van der Waals surface area (Å²) in [5, 5.41) is 2.81. The Morgan fingerprint density at radius 1 is 1.21 bits per heavy atom. The van der Waals surface area contributed by atoms with E-state index in [1.165, 1.54) is 29.6 Å². The van der Waals surface area contributed by atoms with E-state index in [0.29, 0.717) is 43.7 Å². The van der Waals surface area contributed by atoms with E-state index in [4.69, 9.17) is 4.74 Å². The molecule has 3 rings (SSSR count). The summed E-state index contributed by atoms with van der Waals surface area (Å²) in [6.07, 6.45) is 1.62. The van der Waals surface area contributed by atoms with Crippen LogP contribution in [0.25, 0.3) is 0 Å². The molecule has 0 saturated carbocycles. The summed E-state index contributed by atoms with van der Waals surface area (Å²) in [7, 11) is -2.16. The van der Waals surface area contributed by atoms with Crippen molar-refractivity contribution in [1.29, 1.82) is 0 Å². The zero-order chi connectivity index (χ0) is 20.9. The summed E-state index contributed by atoms with van der Waals surface area (Å²) in [5.74, 6) is -0.334. The number of hydrogen-bond donors (Lipinski definition) is 1. The van der Waals surface area contributed by atoms with Crippen molar-refractivity contribution in [3.63, 3.8) is 0 Å². The fourth-order valence-corrected chi connectivity index (χ4v) is 4.96. The third-order valence-corrected chi connectivity index (χ3v) is 6.98. The van der Waals surface area contributed by atoms with Crippen LogP contribution in [0.3, 0.4) is 0 Å². The van der Waals surface area contributed by atoms with Gasteiger partial charge in [0.2, 0.25) is 15.9 Å². The maximum absolute atomic E-state index is 13.7. The Bertz CT molecular complexity index is 947. The highest BCUT2D eigenvalue weighted by molar-refractivity contribution is 7.89. The Morgan fingerprint density at radius 3 is 2.62 bits per heavy atom. The highest BCUT2D eigenvalue weighted by Gasteiger charge is 2.33. The maximum Gasteiger partial charge on any atom is 0.243 e. The van der Waals surface area contributed by atoms with E-state index in [1.807, 2.05) is 0 Å². The molecule has 0 aliphatic carbocycles. The molecule has 0 bridgehead atoms. The number of ether oxygens (including phenoxy) is 1. The number of carbonyl (C=O) groups excluding carboxylic acids is 1. The van der Waals surface area contributed by atoms with Gasteiger partial charge in [-0.25, -0.2) is 12.8 Å². The molecular formula is C21H25FN2O4S. The molecule has 0 unspecified atom stereocenters. The smallest absolute Gasteiger partial charge is 0.243 e. The van der Waals surface area contributed by atoms with Crippen LogP contribution in [-0.4, -0.2) is 45.4 Å². The van der Waals surface area contributed by atoms with Gasteiger partial charge in [0.05, 0.1) is 17.9 Å². The third-order valence-electron chi connectivity index (χ3n) is 5.10. The number of nitrogens with one attached hydrogen (secondary N) is 1. The monoisotopic (exact) mass is 420 g/mol. The summed E-state index contributed by atoms with van der Waals surface area (Å²) < 4.78 is 45.9. The van der Waals surface area contributed by atoms with Crippen LogP contribution in [0.1, 0.15) is 18.4 Å². The lowest BCUT2D eigenvalue weighted by molar-refractivity contribution is -0.126. The molecule has 156 valence electrons. The molecule has 1 saturated heterocycles. The minimum absolute atomic E-state index is 0.139. The van der Waals surface area contributed by atoms with Gasteiger partial charge in [-0.15, -0.1) is 0 Å². The van der Waals surface area contributed by atoms with Gasteiger partial charge in [-0.1, -0.05) is 18.2 Å². The molecule has 29 heavy (non-hydrogen) atoms. The first-order chi connectivity index (χ1) is 13.9. The maximum atomic E-state index is 13.7. The quantitative estimate of drug-likeness (QED) is 0.747. The van der Waals surface area contributed by atoms with Gasteiger partial charge in [0, 0.05) is 19.6 Å². The number of amides is 1. The number of rotatable bonds is 7. The van der Waals surface area contributed by atoms with Gasteiger partial charge in [-0.3, -0.25) is 4.79 Å². The molecule has 1 amide bonds. The largest absolute Gasteiger partial charge is 0.497 e. The average Bonchev–Trinajstić information content (AvgIpc) is 2.75. The van der Waals surface area contributed by atoms with E-state index in [-0.39, 0.29) is 23.2 Å². The Labute approximate surface area is 170 Å².